The second-order valence-electron chi connectivity index (χ2n) is 16.7. The van der Waals surface area contributed by atoms with Gasteiger partial charge in [0.05, 0.1) is 29.5 Å². The maximum absolute atomic E-state index is 15.4. The number of nitrogens with one attached hydrogen (secondary N) is 1. The van der Waals surface area contributed by atoms with Gasteiger partial charge in [-0.05, 0) is 89.7 Å². The SMILES string of the molecule is CCN1CCN(C(=O)NC(C(=O)C[C@@H](Cc2cc(F)c(F)c(C(=O)OC(C)(C)C)c2OC)B2O[C@@H]3C[C@@H]4C[C@@H](C4(C)C)[C@]3(C)O2)c2csc(C)n2)C(=O)C1=O. The van der Waals surface area contributed by atoms with E-state index in [0.717, 1.165) is 23.8 Å². The fourth-order valence-corrected chi connectivity index (χ4v) is 9.42. The summed E-state index contributed by atoms with van der Waals surface area (Å²) in [6.45, 7) is 15.0. The highest BCUT2D eigenvalue weighted by molar-refractivity contribution is 7.09. The number of piperazine rings is 1. The van der Waals surface area contributed by atoms with Gasteiger partial charge in [0.1, 0.15) is 23.0 Å². The van der Waals surface area contributed by atoms with Gasteiger partial charge in [-0.1, -0.05) is 13.8 Å². The van der Waals surface area contributed by atoms with Crippen molar-refractivity contribution in [3.63, 3.8) is 0 Å². The topological polar surface area (TPSA) is 154 Å². The van der Waals surface area contributed by atoms with Crippen LogP contribution in [-0.4, -0.2) is 95.6 Å². The fourth-order valence-electron chi connectivity index (χ4n) is 8.79. The van der Waals surface area contributed by atoms with Gasteiger partial charge >= 0.3 is 30.9 Å². The van der Waals surface area contributed by atoms with Gasteiger partial charge in [0, 0.05) is 37.3 Å². The molecule has 1 aromatic heterocycles. The molecular formula is C38H49BF2N4O9S. The largest absolute Gasteiger partial charge is 0.495 e. The molecule has 17 heteroatoms. The summed E-state index contributed by atoms with van der Waals surface area (Å²) in [6.07, 6.45) is 0.908. The van der Waals surface area contributed by atoms with Crippen LogP contribution in [0.25, 0.3) is 0 Å². The minimum absolute atomic E-state index is 0.000273. The zero-order valence-corrected chi connectivity index (χ0v) is 33.6. The first kappa shape index (κ1) is 40.7. The molecule has 6 atom stereocenters. The third kappa shape index (κ3) is 7.51. The lowest BCUT2D eigenvalue weighted by atomic mass is 9.43. The van der Waals surface area contributed by atoms with E-state index in [9.17, 15) is 24.0 Å². The minimum atomic E-state index is -1.44. The number of hydrogen-bond acceptors (Lipinski definition) is 11. The number of esters is 1. The van der Waals surface area contributed by atoms with Crippen molar-refractivity contribution in [2.24, 2.45) is 17.3 Å². The van der Waals surface area contributed by atoms with E-state index in [1.165, 1.54) is 23.3 Å². The van der Waals surface area contributed by atoms with Gasteiger partial charge in [-0.2, -0.15) is 0 Å². The first-order valence-corrected chi connectivity index (χ1v) is 19.6. The number of rotatable bonds is 11. The molecule has 7 rings (SSSR count). The number of nitrogens with zero attached hydrogens (tertiary/aromatic N) is 3. The zero-order valence-electron chi connectivity index (χ0n) is 32.7. The van der Waals surface area contributed by atoms with Crippen LogP contribution < -0.4 is 10.1 Å². The molecule has 1 N–H and O–H groups in total. The third-order valence-corrected chi connectivity index (χ3v) is 12.6. The average molecular weight is 787 g/mol. The number of benzene rings is 1. The lowest BCUT2D eigenvalue weighted by Gasteiger charge is -2.64. The van der Waals surface area contributed by atoms with E-state index in [4.69, 9.17) is 18.8 Å². The van der Waals surface area contributed by atoms with Gasteiger partial charge in [-0.3, -0.25) is 19.3 Å². The second-order valence-corrected chi connectivity index (χ2v) is 17.8. The smallest absolute Gasteiger partial charge is 0.461 e. The van der Waals surface area contributed by atoms with Crippen LogP contribution in [0.2, 0.25) is 5.82 Å². The molecule has 1 aromatic carbocycles. The third-order valence-electron chi connectivity index (χ3n) is 11.8. The predicted molar refractivity (Wildman–Crippen MR) is 197 cm³/mol. The molecule has 2 aliphatic heterocycles. The van der Waals surface area contributed by atoms with Crippen LogP contribution in [0, 0.1) is 35.8 Å². The molecule has 3 heterocycles. The number of amides is 4. The Morgan fingerprint density at radius 2 is 1.85 bits per heavy atom. The summed E-state index contributed by atoms with van der Waals surface area (Å²) in [5, 5.41) is 4.87. The summed E-state index contributed by atoms with van der Waals surface area (Å²) in [5.41, 5.74) is -2.16. The maximum atomic E-state index is 15.4. The molecular weight excluding hydrogens is 737 g/mol. The molecule has 0 spiro atoms. The molecule has 55 heavy (non-hydrogen) atoms. The van der Waals surface area contributed by atoms with E-state index in [-0.39, 0.29) is 60.4 Å². The fraction of sp³-hybridized carbons (Fsp3) is 0.632. The summed E-state index contributed by atoms with van der Waals surface area (Å²) in [7, 11) is 0.215. The van der Waals surface area contributed by atoms with Crippen LogP contribution in [0.4, 0.5) is 13.6 Å². The number of Topliss-reactive ketones (excluding diaryl/α,β-unsaturated/α-hetero) is 1. The summed E-state index contributed by atoms with van der Waals surface area (Å²) < 4.78 is 55.1. The van der Waals surface area contributed by atoms with Crippen LogP contribution in [0.15, 0.2) is 11.4 Å². The van der Waals surface area contributed by atoms with Gasteiger partial charge in [0.25, 0.3) is 0 Å². The predicted octanol–water partition coefficient (Wildman–Crippen LogP) is 5.44. The van der Waals surface area contributed by atoms with Gasteiger partial charge in [0.15, 0.2) is 17.4 Å². The van der Waals surface area contributed by atoms with Gasteiger partial charge in [-0.15, -0.1) is 11.3 Å². The lowest BCUT2D eigenvalue weighted by Crippen LogP contribution is -2.65. The van der Waals surface area contributed by atoms with Crippen molar-refractivity contribution in [3.05, 3.63) is 44.9 Å². The molecule has 3 aliphatic carbocycles. The van der Waals surface area contributed by atoms with E-state index in [1.54, 1.807) is 40.0 Å². The summed E-state index contributed by atoms with van der Waals surface area (Å²) in [5.74, 6) is -6.81. The molecule has 4 amide bonds. The highest BCUT2D eigenvalue weighted by atomic mass is 32.1. The second kappa shape index (κ2) is 14.8. The van der Waals surface area contributed by atoms with E-state index in [1.807, 2.05) is 6.92 Å². The number of thiazole rings is 1. The Bertz CT molecular complexity index is 1900. The number of urea groups is 1. The number of aryl methyl sites for hydroxylation is 1. The number of carbonyl (C=O) groups excluding carboxylic acids is 5. The number of halogens is 2. The number of methoxy groups -OCH3 is 1. The molecule has 2 saturated heterocycles. The summed E-state index contributed by atoms with van der Waals surface area (Å²) >= 11 is 1.25. The molecule has 298 valence electrons. The van der Waals surface area contributed by atoms with Crippen molar-refractivity contribution in [3.8, 4) is 5.75 Å². The van der Waals surface area contributed by atoms with Crippen molar-refractivity contribution in [2.75, 3.05) is 26.7 Å². The molecule has 0 radical (unpaired) electrons. The Kier molecular flexibility index (Phi) is 11.0. The number of aromatic nitrogens is 1. The van der Waals surface area contributed by atoms with Crippen LogP contribution in [0.3, 0.4) is 0 Å². The Morgan fingerprint density at radius 1 is 1.15 bits per heavy atom. The number of likely N-dealkylation sites (N-methyl/N-ethyl adjacent to an activating group) is 1. The van der Waals surface area contributed by atoms with Crippen LogP contribution in [0.1, 0.15) is 100 Å². The average Bonchev–Trinajstić information content (AvgIpc) is 3.70. The molecule has 2 bridgehead atoms. The first-order valence-electron chi connectivity index (χ1n) is 18.7. The number of ketones is 1. The van der Waals surface area contributed by atoms with Crippen LogP contribution >= 0.6 is 11.3 Å². The van der Waals surface area contributed by atoms with Gasteiger partial charge in [0.2, 0.25) is 0 Å². The number of ether oxygens (including phenoxy) is 2. The molecule has 3 saturated carbocycles. The summed E-state index contributed by atoms with van der Waals surface area (Å²) in [4.78, 5) is 73.5. The van der Waals surface area contributed by atoms with Crippen molar-refractivity contribution in [2.45, 2.75) is 110 Å². The monoisotopic (exact) mass is 786 g/mol. The zero-order chi connectivity index (χ0) is 40.4. The first-order chi connectivity index (χ1) is 25.7. The molecule has 5 fully saturated rings. The Morgan fingerprint density at radius 3 is 2.45 bits per heavy atom. The van der Waals surface area contributed by atoms with Gasteiger partial charge in [-0.25, -0.2) is 23.4 Å². The van der Waals surface area contributed by atoms with Crippen LogP contribution in [0.5, 0.6) is 5.75 Å². The molecule has 1 unspecified atom stereocenters. The summed E-state index contributed by atoms with van der Waals surface area (Å²) in [6, 6.07) is -1.37. The Hall–Kier alpha value is -3.96. The van der Waals surface area contributed by atoms with E-state index in [0.29, 0.717) is 17.5 Å². The quantitative estimate of drug-likeness (QED) is 0.177. The van der Waals surface area contributed by atoms with Crippen molar-refractivity contribution >= 4 is 48.1 Å². The van der Waals surface area contributed by atoms with Crippen molar-refractivity contribution in [1.82, 2.24) is 20.1 Å². The molecule has 5 aliphatic rings. The van der Waals surface area contributed by atoms with Gasteiger partial charge < -0.3 is 29.0 Å². The highest BCUT2D eigenvalue weighted by Gasteiger charge is 2.68. The van der Waals surface area contributed by atoms with Crippen molar-refractivity contribution < 1.29 is 51.5 Å². The molecule has 13 nitrogen and oxygen atoms in total. The Balaban J connectivity index is 1.35. The number of imide groups is 1. The maximum Gasteiger partial charge on any atom is 0.461 e. The van der Waals surface area contributed by atoms with E-state index < -0.39 is 77.0 Å². The number of hydrogen-bond donors (Lipinski definition) is 1. The normalized spacial score (nSPS) is 25.6. The van der Waals surface area contributed by atoms with E-state index in [2.05, 4.69) is 24.1 Å². The standard InChI is InChI=1S/C38H49BF2N4O9S/c1-10-44-11-12-45(33(48)32(44)47)35(50)43-30(24-18-55-19(2)42-24)25(46)17-22(39-53-27-16-21-15-26(37(21,6)7)38(27,8)54-39)13-20-14-23(40)29(41)28(31(20)51-9)34(49)52-36(3,4)5/h14,18,21-22,26-27,30H,10-13,15-17H2,1-9H3,(H,43,50)/t21-,22+,26-,27+,30?,38-/m0/s1. The lowest BCUT2D eigenvalue weighted by molar-refractivity contribution is -0.199. The molecule has 2 aromatic rings. The number of carbonyl (C=O) groups is 5. The van der Waals surface area contributed by atoms with E-state index >= 15 is 8.78 Å². The van der Waals surface area contributed by atoms with Crippen LogP contribution in [-0.2, 0) is 34.9 Å². The Labute approximate surface area is 323 Å². The van der Waals surface area contributed by atoms with Crippen molar-refractivity contribution in [1.29, 1.82) is 0 Å². The highest BCUT2D eigenvalue weighted by Crippen LogP contribution is 2.66. The minimum Gasteiger partial charge on any atom is -0.495 e.